The van der Waals surface area contributed by atoms with Gasteiger partial charge in [-0.2, -0.15) is 13.2 Å². The Morgan fingerprint density at radius 3 is 2.58 bits per heavy atom. The predicted octanol–water partition coefficient (Wildman–Crippen LogP) is 2.37. The molecule has 1 rings (SSSR count). The number of rotatable bonds is 5. The maximum Gasteiger partial charge on any atom is 0.415 e. The van der Waals surface area contributed by atoms with Gasteiger partial charge in [-0.1, -0.05) is 15.9 Å². The molecule has 0 saturated carbocycles. The molecule has 0 amide bonds. The van der Waals surface area contributed by atoms with E-state index in [4.69, 9.17) is 5.11 Å². The predicted molar refractivity (Wildman–Crippen MR) is 64.6 cm³/mol. The summed E-state index contributed by atoms with van der Waals surface area (Å²) in [6.45, 7) is -0.697. The number of hydrogen-bond acceptors (Lipinski definition) is 4. The molecule has 0 aromatic heterocycles. The second kappa shape index (κ2) is 6.31. The highest BCUT2D eigenvalue weighted by Gasteiger charge is 2.37. The Morgan fingerprint density at radius 2 is 2.05 bits per heavy atom. The van der Waals surface area contributed by atoms with Crippen LogP contribution in [0.25, 0.3) is 0 Å². The molecule has 2 N–H and O–H groups in total. The molecular formula is C10H10BrF3N2O3. The van der Waals surface area contributed by atoms with Crippen LogP contribution in [-0.4, -0.2) is 28.9 Å². The molecular weight excluding hydrogens is 333 g/mol. The first-order valence-corrected chi connectivity index (χ1v) is 5.89. The van der Waals surface area contributed by atoms with E-state index in [1.807, 2.05) is 0 Å². The Morgan fingerprint density at radius 1 is 1.42 bits per heavy atom. The summed E-state index contributed by atoms with van der Waals surface area (Å²) in [5.74, 6) is 0. The van der Waals surface area contributed by atoms with Gasteiger partial charge in [-0.15, -0.1) is 0 Å². The van der Waals surface area contributed by atoms with Crippen LogP contribution in [-0.2, 0) is 6.54 Å². The summed E-state index contributed by atoms with van der Waals surface area (Å²) < 4.78 is 36.5. The Balaban J connectivity index is 2.61. The molecule has 0 aliphatic carbocycles. The van der Waals surface area contributed by atoms with E-state index in [1.165, 1.54) is 12.1 Å². The fraction of sp³-hybridized carbons (Fsp3) is 0.400. The Bertz CT molecular complexity index is 468. The van der Waals surface area contributed by atoms with Gasteiger partial charge in [0.15, 0.2) is 6.10 Å². The molecule has 1 atom stereocenters. The van der Waals surface area contributed by atoms with Gasteiger partial charge in [-0.3, -0.25) is 10.1 Å². The summed E-state index contributed by atoms with van der Waals surface area (Å²) in [7, 11) is 0. The molecule has 0 spiro atoms. The van der Waals surface area contributed by atoms with E-state index >= 15 is 0 Å². The lowest BCUT2D eigenvalue weighted by Crippen LogP contribution is -2.38. The van der Waals surface area contributed by atoms with Crippen molar-refractivity contribution in [3.8, 4) is 0 Å². The molecule has 106 valence electrons. The molecule has 0 aliphatic heterocycles. The SMILES string of the molecule is O=[N+]([O-])c1cc(Br)cc(CNCC(O)C(F)(F)F)c1. The van der Waals surface area contributed by atoms with E-state index in [-0.39, 0.29) is 12.2 Å². The molecule has 0 saturated heterocycles. The minimum Gasteiger partial charge on any atom is -0.382 e. The summed E-state index contributed by atoms with van der Waals surface area (Å²) in [5.41, 5.74) is 0.276. The zero-order valence-electron chi connectivity index (χ0n) is 9.45. The number of nitro benzene ring substituents is 1. The van der Waals surface area contributed by atoms with Crippen molar-refractivity contribution in [2.45, 2.75) is 18.8 Å². The van der Waals surface area contributed by atoms with Gasteiger partial charge in [0.25, 0.3) is 5.69 Å². The van der Waals surface area contributed by atoms with Crippen LogP contribution >= 0.6 is 15.9 Å². The van der Waals surface area contributed by atoms with Crippen LogP contribution in [0, 0.1) is 10.1 Å². The molecule has 0 bridgehead atoms. The summed E-state index contributed by atoms with van der Waals surface area (Å²) >= 11 is 3.07. The minimum absolute atomic E-state index is 0.0204. The number of benzene rings is 1. The lowest BCUT2D eigenvalue weighted by Gasteiger charge is -2.15. The quantitative estimate of drug-likeness (QED) is 0.636. The van der Waals surface area contributed by atoms with Crippen LogP contribution in [0.1, 0.15) is 5.56 Å². The lowest BCUT2D eigenvalue weighted by atomic mass is 10.2. The van der Waals surface area contributed by atoms with Gasteiger partial charge in [-0.25, -0.2) is 0 Å². The van der Waals surface area contributed by atoms with E-state index in [9.17, 15) is 23.3 Å². The van der Waals surface area contributed by atoms with Crippen LogP contribution in [0.4, 0.5) is 18.9 Å². The highest BCUT2D eigenvalue weighted by molar-refractivity contribution is 9.10. The molecule has 1 aromatic rings. The number of hydrogen-bond donors (Lipinski definition) is 2. The van der Waals surface area contributed by atoms with Crippen molar-refractivity contribution >= 4 is 21.6 Å². The zero-order valence-corrected chi connectivity index (χ0v) is 11.0. The van der Waals surface area contributed by atoms with Crippen LogP contribution in [0.3, 0.4) is 0 Å². The van der Waals surface area contributed by atoms with Crippen LogP contribution in [0.15, 0.2) is 22.7 Å². The van der Waals surface area contributed by atoms with E-state index in [1.54, 1.807) is 6.07 Å². The van der Waals surface area contributed by atoms with Crippen LogP contribution in [0.2, 0.25) is 0 Å². The topological polar surface area (TPSA) is 75.4 Å². The van der Waals surface area contributed by atoms with E-state index in [0.29, 0.717) is 10.0 Å². The van der Waals surface area contributed by atoms with Crippen molar-refractivity contribution in [1.29, 1.82) is 0 Å². The van der Waals surface area contributed by atoms with Gasteiger partial charge in [0, 0.05) is 29.7 Å². The van der Waals surface area contributed by atoms with Crippen molar-refractivity contribution in [1.82, 2.24) is 5.32 Å². The van der Waals surface area contributed by atoms with Gasteiger partial charge in [0.1, 0.15) is 0 Å². The van der Waals surface area contributed by atoms with Gasteiger partial charge in [0.05, 0.1) is 4.92 Å². The Hall–Kier alpha value is -1.19. The lowest BCUT2D eigenvalue weighted by molar-refractivity contribution is -0.385. The molecule has 0 radical (unpaired) electrons. The monoisotopic (exact) mass is 342 g/mol. The maximum absolute atomic E-state index is 12.0. The van der Waals surface area contributed by atoms with Crippen molar-refractivity contribution in [2.75, 3.05) is 6.54 Å². The van der Waals surface area contributed by atoms with E-state index < -0.39 is 23.7 Å². The zero-order chi connectivity index (χ0) is 14.6. The third-order valence-corrected chi connectivity index (χ3v) is 2.66. The number of aliphatic hydroxyl groups excluding tert-OH is 1. The molecule has 9 heteroatoms. The standard InChI is InChI=1S/C10H10BrF3N2O3/c11-7-1-6(2-8(3-7)16(18)19)4-15-5-9(17)10(12,13)14/h1-3,9,15,17H,4-5H2. The first-order chi connectivity index (χ1) is 8.70. The summed E-state index contributed by atoms with van der Waals surface area (Å²) in [5, 5.41) is 21.7. The fourth-order valence-electron chi connectivity index (χ4n) is 1.31. The Kier molecular flexibility index (Phi) is 5.27. The average Bonchev–Trinajstić information content (AvgIpc) is 2.26. The number of alkyl halides is 3. The summed E-state index contributed by atoms with van der Waals surface area (Å²) in [6, 6.07) is 4.08. The van der Waals surface area contributed by atoms with Gasteiger partial charge in [0.2, 0.25) is 0 Å². The summed E-state index contributed by atoms with van der Waals surface area (Å²) in [4.78, 5) is 10.00. The number of nitro groups is 1. The number of halogens is 4. The van der Waals surface area contributed by atoms with Crippen LogP contribution in [0.5, 0.6) is 0 Å². The first-order valence-electron chi connectivity index (χ1n) is 5.09. The molecule has 1 unspecified atom stereocenters. The number of nitrogens with one attached hydrogen (secondary N) is 1. The molecule has 0 fully saturated rings. The third-order valence-electron chi connectivity index (χ3n) is 2.20. The van der Waals surface area contributed by atoms with Crippen molar-refractivity contribution < 1.29 is 23.2 Å². The highest BCUT2D eigenvalue weighted by Crippen LogP contribution is 2.22. The van der Waals surface area contributed by atoms with Gasteiger partial charge < -0.3 is 10.4 Å². The normalized spacial score (nSPS) is 13.3. The van der Waals surface area contributed by atoms with Crippen molar-refractivity contribution in [2.24, 2.45) is 0 Å². The Labute approximate surface area is 114 Å². The largest absolute Gasteiger partial charge is 0.415 e. The van der Waals surface area contributed by atoms with Crippen LogP contribution < -0.4 is 5.32 Å². The fourth-order valence-corrected chi connectivity index (χ4v) is 1.84. The number of nitrogens with zero attached hydrogens (tertiary/aromatic N) is 1. The van der Waals surface area contributed by atoms with Gasteiger partial charge >= 0.3 is 6.18 Å². The number of aliphatic hydroxyl groups is 1. The highest BCUT2D eigenvalue weighted by atomic mass is 79.9. The number of non-ortho nitro benzene ring substituents is 1. The molecule has 5 nitrogen and oxygen atoms in total. The minimum atomic E-state index is -4.68. The molecule has 0 heterocycles. The molecule has 1 aromatic carbocycles. The molecule has 0 aliphatic rings. The maximum atomic E-state index is 12.0. The van der Waals surface area contributed by atoms with Gasteiger partial charge in [-0.05, 0) is 11.6 Å². The van der Waals surface area contributed by atoms with E-state index in [0.717, 1.165) is 0 Å². The molecule has 19 heavy (non-hydrogen) atoms. The summed E-state index contributed by atoms with van der Waals surface area (Å²) in [6.07, 6.45) is -7.15. The smallest absolute Gasteiger partial charge is 0.382 e. The van der Waals surface area contributed by atoms with Crippen molar-refractivity contribution in [3.63, 3.8) is 0 Å². The second-order valence-corrected chi connectivity index (χ2v) is 4.68. The third kappa shape index (κ3) is 5.13. The first kappa shape index (κ1) is 15.9. The second-order valence-electron chi connectivity index (χ2n) is 3.76. The van der Waals surface area contributed by atoms with Crippen molar-refractivity contribution in [3.05, 3.63) is 38.3 Å². The van der Waals surface area contributed by atoms with E-state index in [2.05, 4.69) is 21.2 Å². The average molecular weight is 343 g/mol.